The number of halogens is 3. The third-order valence-electron chi connectivity index (χ3n) is 2.24. The zero-order valence-corrected chi connectivity index (χ0v) is 10.1. The fourth-order valence-electron chi connectivity index (χ4n) is 1.30. The Hall–Kier alpha value is -2.24. The van der Waals surface area contributed by atoms with Gasteiger partial charge in [-0.3, -0.25) is 0 Å². The second-order valence-electron chi connectivity index (χ2n) is 3.72. The molecule has 0 heterocycles. The maximum atomic E-state index is 12.5. The van der Waals surface area contributed by atoms with Gasteiger partial charge < -0.3 is 10.6 Å². The van der Waals surface area contributed by atoms with Gasteiger partial charge in [0.2, 0.25) is 0 Å². The van der Waals surface area contributed by atoms with Crippen molar-refractivity contribution in [2.45, 2.75) is 12.6 Å². The van der Waals surface area contributed by atoms with Crippen LogP contribution in [0.3, 0.4) is 0 Å². The van der Waals surface area contributed by atoms with E-state index in [1.807, 2.05) is 0 Å². The maximum absolute atomic E-state index is 12.5. The molecule has 19 heavy (non-hydrogen) atoms. The Morgan fingerprint density at radius 2 is 2.11 bits per heavy atom. The monoisotopic (exact) mass is 270 g/mol. The van der Waals surface area contributed by atoms with Crippen molar-refractivity contribution >= 4 is 6.03 Å². The van der Waals surface area contributed by atoms with Gasteiger partial charge in [-0.2, -0.15) is 13.2 Å². The van der Waals surface area contributed by atoms with E-state index in [0.717, 1.165) is 12.2 Å². The lowest BCUT2D eigenvalue weighted by molar-refractivity contribution is -0.0883. The Balaban J connectivity index is 2.64. The van der Waals surface area contributed by atoms with Gasteiger partial charge in [-0.1, -0.05) is 31.4 Å². The van der Waals surface area contributed by atoms with Gasteiger partial charge in [-0.05, 0) is 12.2 Å². The van der Waals surface area contributed by atoms with Crippen LogP contribution in [0.25, 0.3) is 0 Å². The van der Waals surface area contributed by atoms with Gasteiger partial charge in [0.1, 0.15) is 0 Å². The third-order valence-corrected chi connectivity index (χ3v) is 2.24. The summed E-state index contributed by atoms with van der Waals surface area (Å²) < 4.78 is 37.4. The van der Waals surface area contributed by atoms with E-state index < -0.39 is 17.8 Å². The van der Waals surface area contributed by atoms with Gasteiger partial charge in [0.15, 0.2) is 0 Å². The van der Waals surface area contributed by atoms with Crippen LogP contribution in [0, 0.1) is 0 Å². The van der Waals surface area contributed by atoms with Gasteiger partial charge in [-0.15, -0.1) is 0 Å². The van der Waals surface area contributed by atoms with Gasteiger partial charge >= 0.3 is 12.2 Å². The predicted molar refractivity (Wildman–Crippen MR) is 67.0 cm³/mol. The van der Waals surface area contributed by atoms with E-state index in [1.54, 1.807) is 0 Å². The summed E-state index contributed by atoms with van der Waals surface area (Å²) in [5, 5.41) is 4.80. The number of carbonyl (C=O) groups is 1. The number of amides is 2. The molecule has 0 saturated heterocycles. The van der Waals surface area contributed by atoms with Crippen molar-refractivity contribution in [3.05, 3.63) is 60.5 Å². The highest BCUT2D eigenvalue weighted by molar-refractivity contribution is 5.78. The van der Waals surface area contributed by atoms with Crippen molar-refractivity contribution in [3.8, 4) is 0 Å². The molecule has 1 aliphatic rings. The minimum atomic E-state index is -4.39. The smallest absolute Gasteiger partial charge is 0.311 e. The van der Waals surface area contributed by atoms with Crippen LogP contribution in [-0.4, -0.2) is 12.2 Å². The van der Waals surface area contributed by atoms with Crippen LogP contribution in [0.4, 0.5) is 18.0 Å². The van der Waals surface area contributed by atoms with Crippen LogP contribution in [-0.2, 0) is 0 Å². The Morgan fingerprint density at radius 3 is 2.68 bits per heavy atom. The third kappa shape index (κ3) is 4.87. The molecule has 6 heteroatoms. The summed E-state index contributed by atoms with van der Waals surface area (Å²) in [4.78, 5) is 11.4. The average Bonchev–Trinajstić information content (AvgIpc) is 2.53. The van der Waals surface area contributed by atoms with Crippen molar-refractivity contribution in [2.24, 2.45) is 0 Å². The molecule has 0 aliphatic heterocycles. The molecule has 0 fully saturated rings. The van der Waals surface area contributed by atoms with E-state index in [-0.39, 0.29) is 6.42 Å². The average molecular weight is 270 g/mol. The Labute approximate surface area is 108 Å². The zero-order chi connectivity index (χ0) is 14.5. The number of hydrogen-bond donors (Lipinski definition) is 2. The highest BCUT2D eigenvalue weighted by atomic mass is 19.4. The largest absolute Gasteiger partial charge is 0.416 e. The Morgan fingerprint density at radius 1 is 1.42 bits per heavy atom. The summed E-state index contributed by atoms with van der Waals surface area (Å²) in [5.74, 6) is 0. The number of nitrogens with one attached hydrogen (secondary N) is 2. The zero-order valence-electron chi connectivity index (χ0n) is 10.1. The first kappa shape index (κ1) is 14.8. The SMILES string of the molecule is C=CC(=C)NC(=O)NC1=CC=CC(C(F)(F)F)=CC1. The fraction of sp³-hybridized carbons (Fsp3) is 0.154. The molecule has 0 radical (unpaired) electrons. The highest BCUT2D eigenvalue weighted by Gasteiger charge is 2.31. The molecule has 0 saturated carbocycles. The van der Waals surface area contributed by atoms with Crippen molar-refractivity contribution in [1.82, 2.24) is 10.6 Å². The number of alkyl halides is 3. The van der Waals surface area contributed by atoms with E-state index in [1.165, 1.54) is 18.2 Å². The molecule has 0 atom stereocenters. The van der Waals surface area contributed by atoms with Crippen LogP contribution in [0.2, 0.25) is 0 Å². The quantitative estimate of drug-likeness (QED) is 0.759. The minimum Gasteiger partial charge on any atom is -0.311 e. The number of rotatable bonds is 3. The highest BCUT2D eigenvalue weighted by Crippen LogP contribution is 2.28. The molecule has 2 N–H and O–H groups in total. The maximum Gasteiger partial charge on any atom is 0.416 e. The molecule has 102 valence electrons. The Bertz CT molecular complexity index is 485. The molecule has 0 aromatic rings. The molecular weight excluding hydrogens is 257 g/mol. The summed E-state index contributed by atoms with van der Waals surface area (Å²) in [6, 6.07) is -0.576. The number of urea groups is 1. The molecule has 0 bridgehead atoms. The normalized spacial score (nSPS) is 14.9. The van der Waals surface area contributed by atoms with E-state index in [2.05, 4.69) is 23.8 Å². The molecule has 1 rings (SSSR count). The van der Waals surface area contributed by atoms with Crippen molar-refractivity contribution < 1.29 is 18.0 Å². The molecule has 3 nitrogen and oxygen atoms in total. The molecule has 2 amide bonds. The van der Waals surface area contributed by atoms with Crippen molar-refractivity contribution in [1.29, 1.82) is 0 Å². The number of hydrogen-bond acceptors (Lipinski definition) is 1. The van der Waals surface area contributed by atoms with Crippen LogP contribution in [0.5, 0.6) is 0 Å². The minimum absolute atomic E-state index is 0.0180. The molecule has 0 aromatic heterocycles. The second kappa shape index (κ2) is 6.08. The van der Waals surface area contributed by atoms with E-state index in [9.17, 15) is 18.0 Å². The van der Waals surface area contributed by atoms with Crippen LogP contribution in [0.1, 0.15) is 6.42 Å². The summed E-state index contributed by atoms with van der Waals surface area (Å²) in [6.45, 7) is 6.90. The molecule has 0 aromatic carbocycles. The molecule has 0 unspecified atom stereocenters. The second-order valence-corrected chi connectivity index (χ2v) is 3.72. The fourth-order valence-corrected chi connectivity index (χ4v) is 1.30. The summed E-state index contributed by atoms with van der Waals surface area (Å²) in [5.41, 5.74) is -0.0879. The molecule has 1 aliphatic carbocycles. The topological polar surface area (TPSA) is 41.1 Å². The van der Waals surface area contributed by atoms with Crippen LogP contribution >= 0.6 is 0 Å². The van der Waals surface area contributed by atoms with E-state index in [4.69, 9.17) is 0 Å². The van der Waals surface area contributed by atoms with E-state index >= 15 is 0 Å². The first-order chi connectivity index (χ1) is 8.82. The van der Waals surface area contributed by atoms with Gasteiger partial charge in [0.25, 0.3) is 0 Å². The lowest BCUT2D eigenvalue weighted by Gasteiger charge is -2.09. The van der Waals surface area contributed by atoms with Crippen LogP contribution in [0.15, 0.2) is 60.5 Å². The van der Waals surface area contributed by atoms with Gasteiger partial charge in [0, 0.05) is 17.8 Å². The lowest BCUT2D eigenvalue weighted by atomic mass is 10.2. The summed E-state index contributed by atoms with van der Waals surface area (Å²) >= 11 is 0. The molecular formula is C13H13F3N2O. The lowest BCUT2D eigenvalue weighted by Crippen LogP contribution is -2.33. The number of allylic oxidation sites excluding steroid dienone is 6. The molecule has 0 spiro atoms. The summed E-state index contributed by atoms with van der Waals surface area (Å²) in [6.07, 6.45) is 1.56. The Kier molecular flexibility index (Phi) is 4.74. The van der Waals surface area contributed by atoms with Gasteiger partial charge in [0.05, 0.1) is 5.57 Å². The van der Waals surface area contributed by atoms with Crippen molar-refractivity contribution in [3.63, 3.8) is 0 Å². The van der Waals surface area contributed by atoms with Crippen LogP contribution < -0.4 is 10.6 Å². The predicted octanol–water partition coefficient (Wildman–Crippen LogP) is 3.32. The standard InChI is InChI=1S/C13H13F3N2O/c1-3-9(2)17-12(19)18-11-6-4-5-10(7-8-11)13(14,15)16/h3-7H,1-2,8H2,(H2,17,18,19). The first-order valence-electron chi connectivity index (χ1n) is 5.37. The first-order valence-corrected chi connectivity index (χ1v) is 5.37. The number of carbonyl (C=O) groups excluding carboxylic acids is 1. The van der Waals surface area contributed by atoms with Gasteiger partial charge in [-0.25, -0.2) is 4.79 Å². The van der Waals surface area contributed by atoms with E-state index in [0.29, 0.717) is 11.4 Å². The summed E-state index contributed by atoms with van der Waals surface area (Å²) in [7, 11) is 0. The van der Waals surface area contributed by atoms with Crippen molar-refractivity contribution in [2.75, 3.05) is 0 Å².